The van der Waals surface area contributed by atoms with E-state index >= 15 is 0 Å². The molecule has 4 heteroatoms. The van der Waals surface area contributed by atoms with Crippen molar-refractivity contribution in [3.05, 3.63) is 20.8 Å². The summed E-state index contributed by atoms with van der Waals surface area (Å²) in [5.74, 6) is 0. The smallest absolute Gasteiger partial charge is 0.0881 e. The molecule has 0 saturated heterocycles. The zero-order valence-electron chi connectivity index (χ0n) is 10.2. The third-order valence-electron chi connectivity index (χ3n) is 2.50. The lowest BCUT2D eigenvalue weighted by Gasteiger charge is -2.33. The van der Waals surface area contributed by atoms with Crippen LogP contribution in [0.4, 0.5) is 0 Å². The van der Waals surface area contributed by atoms with E-state index in [9.17, 15) is 5.11 Å². The maximum absolute atomic E-state index is 10.2. The van der Waals surface area contributed by atoms with Crippen LogP contribution in [0.15, 0.2) is 15.9 Å². The van der Waals surface area contributed by atoms with Crippen LogP contribution in [0.25, 0.3) is 0 Å². The van der Waals surface area contributed by atoms with Crippen LogP contribution in [0, 0.1) is 5.41 Å². The van der Waals surface area contributed by atoms with Crippen molar-refractivity contribution in [2.24, 2.45) is 5.41 Å². The summed E-state index contributed by atoms with van der Waals surface area (Å²) in [4.78, 5) is 1.17. The molecule has 0 radical (unpaired) electrons. The molecular formula is C12H19BrO2S. The Balaban J connectivity index is 2.66. The van der Waals surface area contributed by atoms with E-state index in [0.29, 0.717) is 6.42 Å². The summed E-state index contributed by atoms with van der Waals surface area (Å²) in [5, 5.41) is 10.2. The lowest BCUT2D eigenvalue weighted by atomic mass is 9.84. The van der Waals surface area contributed by atoms with Gasteiger partial charge in [0.2, 0.25) is 0 Å². The molecule has 92 valence electrons. The van der Waals surface area contributed by atoms with E-state index in [2.05, 4.69) is 36.7 Å². The van der Waals surface area contributed by atoms with Gasteiger partial charge >= 0.3 is 0 Å². The predicted octanol–water partition coefficient (Wildman–Crippen LogP) is 3.48. The Labute approximate surface area is 110 Å². The first-order chi connectivity index (χ1) is 7.34. The van der Waals surface area contributed by atoms with Gasteiger partial charge in [0, 0.05) is 18.4 Å². The molecule has 0 aliphatic rings. The van der Waals surface area contributed by atoms with Crippen LogP contribution in [-0.2, 0) is 11.2 Å². The van der Waals surface area contributed by atoms with Gasteiger partial charge in [-0.25, -0.2) is 0 Å². The van der Waals surface area contributed by atoms with Crippen LogP contribution in [0.5, 0.6) is 0 Å². The third kappa shape index (κ3) is 3.84. The number of thiophene rings is 1. The van der Waals surface area contributed by atoms with Crippen LogP contribution in [0.1, 0.15) is 25.6 Å². The summed E-state index contributed by atoms with van der Waals surface area (Å²) in [6.07, 6.45) is 0.0374. The molecule has 0 aliphatic carbocycles. The van der Waals surface area contributed by atoms with E-state index in [4.69, 9.17) is 4.74 Å². The van der Waals surface area contributed by atoms with Gasteiger partial charge in [-0.3, -0.25) is 0 Å². The van der Waals surface area contributed by atoms with Crippen molar-refractivity contribution in [2.45, 2.75) is 39.4 Å². The van der Waals surface area contributed by atoms with Crippen molar-refractivity contribution in [1.29, 1.82) is 0 Å². The van der Waals surface area contributed by atoms with Crippen LogP contribution in [0.2, 0.25) is 0 Å². The second-order valence-corrected chi connectivity index (χ2v) is 7.55. The zero-order chi connectivity index (χ0) is 12.3. The number of aliphatic hydroxyl groups is 1. The third-order valence-corrected chi connectivity index (χ3v) is 4.14. The minimum absolute atomic E-state index is 0.0529. The van der Waals surface area contributed by atoms with Gasteiger partial charge in [0.25, 0.3) is 0 Å². The van der Waals surface area contributed by atoms with Gasteiger partial charge in [0.15, 0.2) is 0 Å². The fourth-order valence-corrected chi connectivity index (χ4v) is 3.40. The van der Waals surface area contributed by atoms with Gasteiger partial charge in [-0.2, -0.15) is 0 Å². The average Bonchev–Trinajstić information content (AvgIpc) is 2.49. The molecule has 0 bridgehead atoms. The van der Waals surface area contributed by atoms with Gasteiger partial charge in [-0.15, -0.1) is 11.3 Å². The molecule has 2 unspecified atom stereocenters. The fraction of sp³-hybridized carbons (Fsp3) is 0.667. The summed E-state index contributed by atoms with van der Waals surface area (Å²) >= 11 is 5.08. The molecule has 0 aromatic carbocycles. The molecule has 2 atom stereocenters. The quantitative estimate of drug-likeness (QED) is 0.923. The van der Waals surface area contributed by atoms with Gasteiger partial charge in [0.1, 0.15) is 0 Å². The summed E-state index contributed by atoms with van der Waals surface area (Å²) < 4.78 is 6.50. The molecular weight excluding hydrogens is 288 g/mol. The first-order valence-electron chi connectivity index (χ1n) is 5.29. The van der Waals surface area contributed by atoms with E-state index in [1.807, 2.05) is 12.1 Å². The molecule has 16 heavy (non-hydrogen) atoms. The van der Waals surface area contributed by atoms with E-state index in [1.54, 1.807) is 18.4 Å². The highest BCUT2D eigenvalue weighted by Crippen LogP contribution is 2.28. The fourth-order valence-electron chi connectivity index (χ4n) is 1.86. The molecule has 1 N–H and O–H groups in total. The minimum atomic E-state index is -0.462. The molecule has 1 heterocycles. The summed E-state index contributed by atoms with van der Waals surface area (Å²) in [7, 11) is 1.66. The van der Waals surface area contributed by atoms with Crippen molar-refractivity contribution in [3.63, 3.8) is 0 Å². The average molecular weight is 307 g/mol. The zero-order valence-corrected chi connectivity index (χ0v) is 12.6. The van der Waals surface area contributed by atoms with E-state index < -0.39 is 6.10 Å². The van der Waals surface area contributed by atoms with Crippen molar-refractivity contribution in [2.75, 3.05) is 7.11 Å². The van der Waals surface area contributed by atoms with Crippen LogP contribution >= 0.6 is 27.3 Å². The first-order valence-corrected chi connectivity index (χ1v) is 6.90. The highest BCUT2D eigenvalue weighted by Gasteiger charge is 2.31. The van der Waals surface area contributed by atoms with Crippen LogP contribution in [0.3, 0.4) is 0 Å². The Bertz CT molecular complexity index is 330. The molecule has 0 amide bonds. The maximum atomic E-state index is 10.2. The molecule has 1 aromatic rings. The summed E-state index contributed by atoms with van der Waals surface area (Å²) in [6, 6.07) is 4.04. The molecule has 0 aliphatic heterocycles. The number of hydrogen-bond acceptors (Lipinski definition) is 3. The maximum Gasteiger partial charge on any atom is 0.0881 e. The standard InChI is InChI=1S/C12H19BrO2S/c1-12(2,3)11(15-4)9(14)7-8-5-6-10(13)16-8/h5-6,9,11,14H,7H2,1-4H3. The Kier molecular flexibility index (Phi) is 4.98. The van der Waals surface area contributed by atoms with Crippen molar-refractivity contribution < 1.29 is 9.84 Å². The van der Waals surface area contributed by atoms with Crippen molar-refractivity contribution in [3.8, 4) is 0 Å². The topological polar surface area (TPSA) is 29.5 Å². The number of hydrogen-bond donors (Lipinski definition) is 1. The number of halogens is 1. The highest BCUT2D eigenvalue weighted by atomic mass is 79.9. The Morgan fingerprint density at radius 1 is 1.44 bits per heavy atom. The molecule has 0 spiro atoms. The van der Waals surface area contributed by atoms with E-state index in [0.717, 1.165) is 3.79 Å². The van der Waals surface area contributed by atoms with Crippen molar-refractivity contribution >= 4 is 27.3 Å². The van der Waals surface area contributed by atoms with Crippen LogP contribution in [-0.4, -0.2) is 24.4 Å². The number of methoxy groups -OCH3 is 1. The Hall–Kier alpha value is 0.1000. The predicted molar refractivity (Wildman–Crippen MR) is 72.0 cm³/mol. The van der Waals surface area contributed by atoms with E-state index in [1.165, 1.54) is 4.88 Å². The Morgan fingerprint density at radius 3 is 2.44 bits per heavy atom. The molecule has 2 nitrogen and oxygen atoms in total. The molecule has 1 aromatic heterocycles. The van der Waals surface area contributed by atoms with Crippen molar-refractivity contribution in [1.82, 2.24) is 0 Å². The molecule has 0 fully saturated rings. The lowest BCUT2D eigenvalue weighted by Crippen LogP contribution is -2.40. The summed E-state index contributed by atoms with van der Waals surface area (Å²) in [6.45, 7) is 6.23. The molecule has 1 rings (SSSR count). The van der Waals surface area contributed by atoms with Gasteiger partial charge in [0.05, 0.1) is 16.0 Å². The number of aliphatic hydroxyl groups excluding tert-OH is 1. The monoisotopic (exact) mass is 306 g/mol. The SMILES string of the molecule is COC(C(O)Cc1ccc(Br)s1)C(C)(C)C. The lowest BCUT2D eigenvalue weighted by molar-refractivity contribution is -0.0696. The normalized spacial score (nSPS) is 16.1. The summed E-state index contributed by atoms with van der Waals surface area (Å²) in [5.41, 5.74) is -0.0529. The number of ether oxygens (including phenoxy) is 1. The van der Waals surface area contributed by atoms with Gasteiger partial charge in [-0.1, -0.05) is 20.8 Å². The second kappa shape index (κ2) is 5.63. The molecule has 0 saturated carbocycles. The second-order valence-electron chi connectivity index (χ2n) is 5.00. The number of rotatable bonds is 4. The largest absolute Gasteiger partial charge is 0.390 e. The van der Waals surface area contributed by atoms with Gasteiger partial charge in [-0.05, 0) is 33.5 Å². The Morgan fingerprint density at radius 2 is 2.06 bits per heavy atom. The first kappa shape index (κ1) is 14.2. The van der Waals surface area contributed by atoms with Gasteiger partial charge < -0.3 is 9.84 Å². The van der Waals surface area contributed by atoms with E-state index in [-0.39, 0.29) is 11.5 Å². The van der Waals surface area contributed by atoms with Crippen LogP contribution < -0.4 is 0 Å². The highest BCUT2D eigenvalue weighted by molar-refractivity contribution is 9.11. The minimum Gasteiger partial charge on any atom is -0.390 e.